The van der Waals surface area contributed by atoms with Crippen molar-refractivity contribution in [3.63, 3.8) is 0 Å². The maximum Gasteiger partial charge on any atom is 0.278 e. The zero-order valence-electron chi connectivity index (χ0n) is 16.9. The number of halogens is 1. The number of para-hydroxylation sites is 1. The molecule has 0 aliphatic heterocycles. The Kier molecular flexibility index (Phi) is 4.64. The number of fused-ring (bicyclic) bond motifs is 2. The van der Waals surface area contributed by atoms with Crippen molar-refractivity contribution in [1.82, 2.24) is 19.8 Å². The van der Waals surface area contributed by atoms with Crippen LogP contribution in [0.3, 0.4) is 0 Å². The van der Waals surface area contributed by atoms with E-state index in [4.69, 9.17) is 11.6 Å². The Bertz CT molecular complexity index is 1470. The van der Waals surface area contributed by atoms with Crippen molar-refractivity contribution in [2.75, 3.05) is 5.32 Å². The summed E-state index contributed by atoms with van der Waals surface area (Å²) in [5.41, 5.74) is 4.68. The quantitative estimate of drug-likeness (QED) is 0.414. The predicted octanol–water partition coefficient (Wildman–Crippen LogP) is 5.47. The Hall–Kier alpha value is -3.77. The fourth-order valence-electron chi connectivity index (χ4n) is 3.82. The molecule has 152 valence electrons. The van der Waals surface area contributed by atoms with Crippen molar-refractivity contribution < 1.29 is 4.79 Å². The van der Waals surface area contributed by atoms with Crippen LogP contribution < -0.4 is 5.32 Å². The van der Waals surface area contributed by atoms with Crippen LogP contribution in [-0.2, 0) is 0 Å². The van der Waals surface area contributed by atoms with E-state index in [-0.39, 0.29) is 11.6 Å². The van der Waals surface area contributed by atoms with Gasteiger partial charge in [-0.15, -0.1) is 10.2 Å². The SMILES string of the molecule is Cc1nn2c(C)c(C(=O)Nc3ccccc3Cl)nnc2c1-c1cccc2ccccc12. The van der Waals surface area contributed by atoms with Gasteiger partial charge in [-0.25, -0.2) is 4.52 Å². The summed E-state index contributed by atoms with van der Waals surface area (Å²) in [6.45, 7) is 3.75. The minimum atomic E-state index is -0.389. The molecular formula is C24H18ClN5O. The Balaban J connectivity index is 1.63. The highest BCUT2D eigenvalue weighted by atomic mass is 35.5. The summed E-state index contributed by atoms with van der Waals surface area (Å²) in [5, 5.41) is 18.8. The van der Waals surface area contributed by atoms with E-state index < -0.39 is 0 Å². The van der Waals surface area contributed by atoms with Gasteiger partial charge in [0.1, 0.15) is 0 Å². The third-order valence-electron chi connectivity index (χ3n) is 5.34. The molecule has 0 spiro atoms. The number of rotatable bonds is 3. The monoisotopic (exact) mass is 427 g/mol. The second-order valence-corrected chi connectivity index (χ2v) is 7.70. The van der Waals surface area contributed by atoms with Crippen LogP contribution in [0.25, 0.3) is 27.5 Å². The number of nitrogens with zero attached hydrogens (tertiary/aromatic N) is 4. The summed E-state index contributed by atoms with van der Waals surface area (Å²) in [6, 6.07) is 21.4. The van der Waals surface area contributed by atoms with Gasteiger partial charge < -0.3 is 5.32 Å². The van der Waals surface area contributed by atoms with Gasteiger partial charge >= 0.3 is 0 Å². The van der Waals surface area contributed by atoms with E-state index in [0.29, 0.717) is 22.1 Å². The highest BCUT2D eigenvalue weighted by molar-refractivity contribution is 6.33. The van der Waals surface area contributed by atoms with E-state index in [0.717, 1.165) is 27.6 Å². The minimum Gasteiger partial charge on any atom is -0.319 e. The molecule has 0 atom stereocenters. The Morgan fingerprint density at radius 2 is 1.68 bits per heavy atom. The van der Waals surface area contributed by atoms with Crippen LogP contribution in [0.15, 0.2) is 66.7 Å². The first-order chi connectivity index (χ1) is 15.0. The number of hydrogen-bond acceptors (Lipinski definition) is 4. The maximum absolute atomic E-state index is 12.9. The highest BCUT2D eigenvalue weighted by Crippen LogP contribution is 2.33. The molecule has 0 radical (unpaired) electrons. The summed E-state index contributed by atoms with van der Waals surface area (Å²) in [4.78, 5) is 12.9. The Morgan fingerprint density at radius 1 is 0.935 bits per heavy atom. The molecule has 0 aliphatic carbocycles. The molecule has 1 N–H and O–H groups in total. The van der Waals surface area contributed by atoms with E-state index in [1.807, 2.05) is 32.0 Å². The molecule has 5 aromatic rings. The summed E-state index contributed by atoms with van der Waals surface area (Å²) in [6.07, 6.45) is 0. The average Bonchev–Trinajstić information content (AvgIpc) is 3.12. The lowest BCUT2D eigenvalue weighted by Crippen LogP contribution is -2.18. The first kappa shape index (κ1) is 19.2. The van der Waals surface area contributed by atoms with Crippen molar-refractivity contribution >= 4 is 39.6 Å². The second kappa shape index (κ2) is 7.49. The largest absolute Gasteiger partial charge is 0.319 e. The molecule has 6 nitrogen and oxygen atoms in total. The van der Waals surface area contributed by atoms with Gasteiger partial charge in [0.05, 0.1) is 27.7 Å². The summed E-state index contributed by atoms with van der Waals surface area (Å²) in [7, 11) is 0. The number of carbonyl (C=O) groups is 1. The number of aryl methyl sites for hydroxylation is 2. The lowest BCUT2D eigenvalue weighted by Gasteiger charge is -2.09. The number of benzene rings is 3. The Labute approximate surface area is 183 Å². The van der Waals surface area contributed by atoms with Gasteiger partial charge in [-0.05, 0) is 42.3 Å². The van der Waals surface area contributed by atoms with Crippen LogP contribution in [0.4, 0.5) is 5.69 Å². The van der Waals surface area contributed by atoms with Gasteiger partial charge in [0.25, 0.3) is 5.91 Å². The van der Waals surface area contributed by atoms with E-state index in [1.54, 1.807) is 28.8 Å². The first-order valence-electron chi connectivity index (χ1n) is 9.81. The fraction of sp³-hybridized carbons (Fsp3) is 0.0833. The van der Waals surface area contributed by atoms with Crippen LogP contribution in [0.5, 0.6) is 0 Å². The molecule has 2 heterocycles. The number of amides is 1. The lowest BCUT2D eigenvalue weighted by molar-refractivity contribution is 0.102. The number of aromatic nitrogens is 4. The van der Waals surface area contributed by atoms with Crippen LogP contribution in [0.1, 0.15) is 21.9 Å². The number of hydrogen-bond donors (Lipinski definition) is 1. The smallest absolute Gasteiger partial charge is 0.278 e. The molecule has 2 aromatic heterocycles. The van der Waals surface area contributed by atoms with Crippen LogP contribution >= 0.6 is 11.6 Å². The van der Waals surface area contributed by atoms with Crippen LogP contribution in [0, 0.1) is 13.8 Å². The van der Waals surface area contributed by atoms with Crippen molar-refractivity contribution in [3.8, 4) is 11.1 Å². The molecule has 3 aromatic carbocycles. The molecule has 0 saturated heterocycles. The predicted molar refractivity (Wildman–Crippen MR) is 123 cm³/mol. The maximum atomic E-state index is 12.9. The molecule has 31 heavy (non-hydrogen) atoms. The fourth-order valence-corrected chi connectivity index (χ4v) is 4.01. The molecule has 0 aliphatic rings. The third-order valence-corrected chi connectivity index (χ3v) is 5.67. The van der Waals surface area contributed by atoms with Crippen LogP contribution in [-0.4, -0.2) is 25.7 Å². The molecule has 0 bridgehead atoms. The standard InChI is InChI=1S/C24H18ClN5O/c1-14-21(18-11-7-9-16-8-3-4-10-17(16)18)23-28-27-22(15(2)30(23)29-14)24(31)26-20-13-6-5-12-19(20)25/h3-13H,1-2H3,(H,26,31). The first-order valence-corrected chi connectivity index (χ1v) is 10.2. The van der Waals surface area contributed by atoms with Gasteiger partial charge in [0.2, 0.25) is 0 Å². The molecule has 7 heteroatoms. The highest BCUT2D eigenvalue weighted by Gasteiger charge is 2.21. The Morgan fingerprint density at radius 3 is 2.52 bits per heavy atom. The topological polar surface area (TPSA) is 72.2 Å². The zero-order valence-corrected chi connectivity index (χ0v) is 17.7. The molecule has 0 saturated carbocycles. The zero-order chi connectivity index (χ0) is 21.5. The summed E-state index contributed by atoms with van der Waals surface area (Å²) < 4.78 is 1.68. The van der Waals surface area contributed by atoms with Crippen molar-refractivity contribution in [3.05, 3.63) is 88.8 Å². The molecule has 0 unspecified atom stereocenters. The average molecular weight is 428 g/mol. The van der Waals surface area contributed by atoms with Crippen molar-refractivity contribution in [1.29, 1.82) is 0 Å². The van der Waals surface area contributed by atoms with E-state index in [1.165, 1.54) is 0 Å². The number of carbonyl (C=O) groups excluding carboxylic acids is 1. The second-order valence-electron chi connectivity index (χ2n) is 7.29. The number of nitrogens with one attached hydrogen (secondary N) is 1. The van der Waals surface area contributed by atoms with Crippen molar-refractivity contribution in [2.45, 2.75) is 13.8 Å². The molecular weight excluding hydrogens is 410 g/mol. The van der Waals surface area contributed by atoms with Gasteiger partial charge in [-0.3, -0.25) is 4.79 Å². The van der Waals surface area contributed by atoms with E-state index in [9.17, 15) is 4.79 Å². The lowest BCUT2D eigenvalue weighted by atomic mass is 9.98. The number of anilines is 1. The molecule has 1 amide bonds. The summed E-state index contributed by atoms with van der Waals surface area (Å²) in [5.74, 6) is -0.389. The summed E-state index contributed by atoms with van der Waals surface area (Å²) >= 11 is 6.16. The van der Waals surface area contributed by atoms with Gasteiger partial charge in [0, 0.05) is 0 Å². The third kappa shape index (κ3) is 3.21. The van der Waals surface area contributed by atoms with E-state index >= 15 is 0 Å². The molecule has 0 fully saturated rings. The van der Waals surface area contributed by atoms with E-state index in [2.05, 4.69) is 44.9 Å². The van der Waals surface area contributed by atoms with Gasteiger partial charge in [0.15, 0.2) is 11.3 Å². The normalized spacial score (nSPS) is 11.2. The molecule has 5 rings (SSSR count). The van der Waals surface area contributed by atoms with Gasteiger partial charge in [-0.2, -0.15) is 5.10 Å². The van der Waals surface area contributed by atoms with Crippen molar-refractivity contribution in [2.24, 2.45) is 0 Å². The van der Waals surface area contributed by atoms with Crippen LogP contribution in [0.2, 0.25) is 5.02 Å². The van der Waals surface area contributed by atoms with Gasteiger partial charge in [-0.1, -0.05) is 66.2 Å². The minimum absolute atomic E-state index is 0.194.